The minimum Gasteiger partial charge on any atom is -0.494 e. The van der Waals surface area contributed by atoms with Crippen molar-refractivity contribution < 1.29 is 5.11 Å². The van der Waals surface area contributed by atoms with Crippen molar-refractivity contribution in [2.24, 2.45) is 19.1 Å². The second-order valence-electron chi connectivity index (χ2n) is 5.47. The number of benzene rings is 1. The van der Waals surface area contributed by atoms with Gasteiger partial charge in [-0.1, -0.05) is 25.1 Å². The van der Waals surface area contributed by atoms with Crippen LogP contribution in [0.15, 0.2) is 28.0 Å². The molecule has 1 N–H and O–H groups in total. The first kappa shape index (κ1) is 15.4. The van der Waals surface area contributed by atoms with E-state index in [1.165, 1.54) is 9.13 Å². The van der Waals surface area contributed by atoms with E-state index in [1.54, 1.807) is 26.4 Å². The molecule has 0 spiro atoms. The molecule has 0 aliphatic carbocycles. The van der Waals surface area contributed by atoms with Gasteiger partial charge in [-0.25, -0.2) is 0 Å². The summed E-state index contributed by atoms with van der Waals surface area (Å²) in [7, 11) is 3.23. The maximum Gasteiger partial charge on any atom is 0.265 e. The Hall–Kier alpha value is -2.47. The quantitative estimate of drug-likeness (QED) is 0.863. The van der Waals surface area contributed by atoms with Crippen LogP contribution in [0.5, 0.6) is 5.88 Å². The zero-order valence-electron chi connectivity index (χ0n) is 13.2. The molecule has 0 amide bonds. The number of aromatic hydroxyl groups is 1. The molecular weight excluding hydrogens is 310 g/mol. The summed E-state index contributed by atoms with van der Waals surface area (Å²) in [5.41, 5.74) is 3.75. The average Bonchev–Trinajstić information content (AvgIpc) is 2.98. The van der Waals surface area contributed by atoms with Crippen molar-refractivity contribution in [2.75, 3.05) is 0 Å². The van der Waals surface area contributed by atoms with E-state index in [1.807, 2.05) is 18.2 Å². The van der Waals surface area contributed by atoms with E-state index in [2.05, 4.69) is 11.9 Å². The second-order valence-corrected chi connectivity index (χ2v) is 5.83. The van der Waals surface area contributed by atoms with Gasteiger partial charge in [0.05, 0.1) is 5.69 Å². The van der Waals surface area contributed by atoms with Crippen molar-refractivity contribution in [2.45, 2.75) is 13.3 Å². The number of rotatable bonds is 2. The molecule has 5 nitrogen and oxygen atoms in total. The van der Waals surface area contributed by atoms with Gasteiger partial charge in [-0.05, 0) is 30.3 Å². The molecule has 0 unspecified atom stereocenters. The van der Waals surface area contributed by atoms with Gasteiger partial charge in [-0.2, -0.15) is 0 Å². The molecule has 1 aromatic carbocycles. The number of hydrogen-bond acceptors (Lipinski definition) is 4. The molecule has 1 aliphatic heterocycles. The van der Waals surface area contributed by atoms with Gasteiger partial charge in [0.1, 0.15) is 5.56 Å². The maximum absolute atomic E-state index is 12.4. The molecule has 3 rings (SSSR count). The third-order valence-electron chi connectivity index (χ3n) is 4.11. The summed E-state index contributed by atoms with van der Waals surface area (Å²) in [6.07, 6.45) is 4.28. The molecule has 1 aliphatic rings. The van der Waals surface area contributed by atoms with Gasteiger partial charge in [-0.3, -0.25) is 18.9 Å². The van der Waals surface area contributed by atoms with Gasteiger partial charge < -0.3 is 5.11 Å². The Morgan fingerprint density at radius 1 is 1.30 bits per heavy atom. The molecule has 0 radical (unpaired) electrons. The Balaban J connectivity index is 2.24. The minimum atomic E-state index is -0.327. The summed E-state index contributed by atoms with van der Waals surface area (Å²) in [5.74, 6) is -0.140. The number of fused-ring (bicyclic) bond motifs is 1. The predicted octanol–water partition coefficient (Wildman–Crippen LogP) is 2.98. The topological polar surface area (TPSA) is 59.5 Å². The summed E-state index contributed by atoms with van der Waals surface area (Å²) in [5, 5.41) is 10.3. The third-order valence-corrected chi connectivity index (χ3v) is 4.66. The highest BCUT2D eigenvalue weighted by atomic mass is 32.1. The summed E-state index contributed by atoms with van der Waals surface area (Å²) in [6, 6.07) is 5.99. The molecule has 23 heavy (non-hydrogen) atoms. The Morgan fingerprint density at radius 3 is 2.74 bits per heavy atom. The van der Waals surface area contributed by atoms with E-state index < -0.39 is 0 Å². The number of para-hydroxylation sites is 1. The van der Waals surface area contributed by atoms with E-state index in [-0.39, 0.29) is 21.8 Å². The van der Waals surface area contributed by atoms with Crippen LogP contribution in [0.25, 0.3) is 11.6 Å². The largest absolute Gasteiger partial charge is 0.494 e. The molecular formula is C17H17N3O2S. The maximum atomic E-state index is 12.4. The molecule has 0 fully saturated rings. The molecule has 2 aromatic rings. The number of aryl methyl sites for hydroxylation is 1. The lowest BCUT2D eigenvalue weighted by molar-refractivity contribution is 0.414. The fourth-order valence-corrected chi connectivity index (χ4v) is 2.89. The van der Waals surface area contributed by atoms with E-state index in [9.17, 15) is 9.90 Å². The number of aromatic nitrogens is 2. The van der Waals surface area contributed by atoms with Gasteiger partial charge in [0, 0.05) is 31.4 Å². The van der Waals surface area contributed by atoms with Crippen LogP contribution >= 0.6 is 12.2 Å². The zero-order chi connectivity index (χ0) is 16.7. The van der Waals surface area contributed by atoms with E-state index in [0.29, 0.717) is 0 Å². The first-order valence-electron chi connectivity index (χ1n) is 7.32. The molecule has 118 valence electrons. The van der Waals surface area contributed by atoms with Crippen LogP contribution in [0, 0.1) is 4.77 Å². The van der Waals surface area contributed by atoms with E-state index in [0.717, 1.165) is 28.8 Å². The SMILES string of the molecule is CCc1cccc2c1N=CC2=Cc1c(O)n(C)c(=S)n(C)c1=O. The van der Waals surface area contributed by atoms with Gasteiger partial charge in [0.25, 0.3) is 5.56 Å². The predicted molar refractivity (Wildman–Crippen MR) is 95.0 cm³/mol. The zero-order valence-corrected chi connectivity index (χ0v) is 14.0. The molecule has 6 heteroatoms. The molecule has 1 aromatic heterocycles. The molecule has 2 heterocycles. The Bertz CT molecular complexity index is 981. The molecule has 0 atom stereocenters. The highest BCUT2D eigenvalue weighted by molar-refractivity contribution is 7.71. The lowest BCUT2D eigenvalue weighted by Gasteiger charge is -2.10. The van der Waals surface area contributed by atoms with Crippen LogP contribution in [-0.4, -0.2) is 20.5 Å². The monoisotopic (exact) mass is 327 g/mol. The fraction of sp³-hybridized carbons (Fsp3) is 0.235. The fourth-order valence-electron chi connectivity index (χ4n) is 2.72. The van der Waals surface area contributed by atoms with Crippen molar-refractivity contribution in [3.05, 3.63) is 50.0 Å². The average molecular weight is 327 g/mol. The van der Waals surface area contributed by atoms with Crippen LogP contribution in [0.2, 0.25) is 0 Å². The normalized spacial score (nSPS) is 14.5. The van der Waals surface area contributed by atoms with Crippen LogP contribution in [-0.2, 0) is 20.5 Å². The number of aliphatic imine (C=N–C) groups is 1. The summed E-state index contributed by atoms with van der Waals surface area (Å²) in [6.45, 7) is 2.08. The van der Waals surface area contributed by atoms with Crippen molar-refractivity contribution in [1.29, 1.82) is 0 Å². The van der Waals surface area contributed by atoms with Crippen molar-refractivity contribution in [3.8, 4) is 5.88 Å². The standard InChI is InChI=1S/C17H17N3O2S/c1-4-10-6-5-7-12-11(9-18-14(10)12)8-13-15(21)19(2)17(23)20(3)16(13)22/h5-9,21H,4H2,1-3H3. The molecule has 0 saturated carbocycles. The summed E-state index contributed by atoms with van der Waals surface area (Å²) >= 11 is 5.13. The van der Waals surface area contributed by atoms with Crippen molar-refractivity contribution >= 4 is 35.8 Å². The third kappa shape index (κ3) is 2.35. The lowest BCUT2D eigenvalue weighted by Crippen LogP contribution is -2.24. The van der Waals surface area contributed by atoms with E-state index >= 15 is 0 Å². The highest BCUT2D eigenvalue weighted by Crippen LogP contribution is 2.36. The van der Waals surface area contributed by atoms with Crippen molar-refractivity contribution in [3.63, 3.8) is 0 Å². The first-order chi connectivity index (χ1) is 11.0. The van der Waals surface area contributed by atoms with E-state index in [4.69, 9.17) is 12.2 Å². The second kappa shape index (κ2) is 5.62. The van der Waals surface area contributed by atoms with Gasteiger partial charge >= 0.3 is 0 Å². The number of allylic oxidation sites excluding steroid dienone is 1. The molecule has 0 bridgehead atoms. The van der Waals surface area contributed by atoms with Crippen LogP contribution < -0.4 is 5.56 Å². The summed E-state index contributed by atoms with van der Waals surface area (Å²) in [4.78, 5) is 16.9. The van der Waals surface area contributed by atoms with Gasteiger partial charge in [0.2, 0.25) is 5.88 Å². The minimum absolute atomic E-state index is 0.140. The lowest BCUT2D eigenvalue weighted by atomic mass is 10.0. The molecule has 0 saturated heterocycles. The van der Waals surface area contributed by atoms with Crippen LogP contribution in [0.3, 0.4) is 0 Å². The Kier molecular flexibility index (Phi) is 3.77. The van der Waals surface area contributed by atoms with Crippen molar-refractivity contribution in [1.82, 2.24) is 9.13 Å². The highest BCUT2D eigenvalue weighted by Gasteiger charge is 2.18. The smallest absolute Gasteiger partial charge is 0.265 e. The Labute approximate surface area is 138 Å². The summed E-state index contributed by atoms with van der Waals surface area (Å²) < 4.78 is 3.03. The van der Waals surface area contributed by atoms with Crippen LogP contribution in [0.1, 0.15) is 23.6 Å². The Morgan fingerprint density at radius 2 is 2.04 bits per heavy atom. The number of hydrogen-bond donors (Lipinski definition) is 1. The number of nitrogens with zero attached hydrogens (tertiary/aromatic N) is 3. The first-order valence-corrected chi connectivity index (χ1v) is 7.73. The van der Waals surface area contributed by atoms with Crippen LogP contribution in [0.4, 0.5) is 5.69 Å². The van der Waals surface area contributed by atoms with Gasteiger partial charge in [-0.15, -0.1) is 0 Å². The van der Waals surface area contributed by atoms with Gasteiger partial charge in [0.15, 0.2) is 4.77 Å².